The fourth-order valence-corrected chi connectivity index (χ4v) is 2.02. The van der Waals surface area contributed by atoms with Gasteiger partial charge in [-0.2, -0.15) is 0 Å². The first kappa shape index (κ1) is 10.0. The van der Waals surface area contributed by atoms with Crippen molar-refractivity contribution in [2.45, 2.75) is 38.6 Å². The molecule has 1 rings (SSSR count). The first-order valence-corrected chi connectivity index (χ1v) is 4.94. The maximum atomic E-state index is 5.75. The largest absolute Gasteiger partial charge is 0.330 e. The lowest BCUT2D eigenvalue weighted by Crippen LogP contribution is -2.38. The van der Waals surface area contributed by atoms with Gasteiger partial charge in [-0.1, -0.05) is 6.92 Å². The molecular weight excluding hydrogens is 148 g/mol. The summed E-state index contributed by atoms with van der Waals surface area (Å²) in [6.07, 6.45) is 5.24. The fraction of sp³-hybridized carbons (Fsp3) is 1.00. The van der Waals surface area contributed by atoms with Crippen LogP contribution in [-0.2, 0) is 0 Å². The lowest BCUT2D eigenvalue weighted by Gasteiger charge is -2.38. The van der Waals surface area contributed by atoms with Crippen LogP contribution in [0.25, 0.3) is 0 Å². The highest BCUT2D eigenvalue weighted by Gasteiger charge is 2.30. The normalized spacial score (nSPS) is 37.2. The fourth-order valence-electron chi connectivity index (χ4n) is 2.02. The standard InChI is InChI=1S/C10H22N2/c1-10(8-11)6-4-9(5-7-10)12(2)3/h9H,4-8,11H2,1-3H3. The molecule has 2 heteroatoms. The monoisotopic (exact) mass is 170 g/mol. The van der Waals surface area contributed by atoms with Crippen LogP contribution in [0.1, 0.15) is 32.6 Å². The van der Waals surface area contributed by atoms with Gasteiger partial charge in [0.15, 0.2) is 0 Å². The van der Waals surface area contributed by atoms with Crippen LogP contribution in [0.15, 0.2) is 0 Å². The molecule has 0 radical (unpaired) electrons. The van der Waals surface area contributed by atoms with Gasteiger partial charge in [0.2, 0.25) is 0 Å². The Kier molecular flexibility index (Phi) is 3.13. The molecule has 0 heterocycles. The van der Waals surface area contributed by atoms with Crippen LogP contribution in [0, 0.1) is 5.41 Å². The maximum absolute atomic E-state index is 5.75. The van der Waals surface area contributed by atoms with E-state index in [-0.39, 0.29) is 0 Å². The van der Waals surface area contributed by atoms with Crippen LogP contribution in [0.5, 0.6) is 0 Å². The molecule has 0 saturated heterocycles. The highest BCUT2D eigenvalue weighted by Crippen LogP contribution is 2.35. The Bertz CT molecular complexity index is 135. The molecule has 0 unspecified atom stereocenters. The summed E-state index contributed by atoms with van der Waals surface area (Å²) in [6.45, 7) is 3.17. The van der Waals surface area contributed by atoms with Gasteiger partial charge in [-0.3, -0.25) is 0 Å². The van der Waals surface area contributed by atoms with E-state index < -0.39 is 0 Å². The average Bonchev–Trinajstić information content (AvgIpc) is 2.05. The minimum Gasteiger partial charge on any atom is -0.330 e. The van der Waals surface area contributed by atoms with Gasteiger partial charge < -0.3 is 10.6 Å². The zero-order valence-corrected chi connectivity index (χ0v) is 8.64. The van der Waals surface area contributed by atoms with Crippen LogP contribution < -0.4 is 5.73 Å². The van der Waals surface area contributed by atoms with Crippen LogP contribution in [0.3, 0.4) is 0 Å². The van der Waals surface area contributed by atoms with Crippen LogP contribution in [0.2, 0.25) is 0 Å². The molecule has 12 heavy (non-hydrogen) atoms. The summed E-state index contributed by atoms with van der Waals surface area (Å²) >= 11 is 0. The van der Waals surface area contributed by atoms with Crippen molar-refractivity contribution in [1.29, 1.82) is 0 Å². The first-order valence-electron chi connectivity index (χ1n) is 4.94. The molecule has 0 aromatic heterocycles. The molecular formula is C10H22N2. The van der Waals surface area contributed by atoms with Crippen LogP contribution in [-0.4, -0.2) is 31.6 Å². The van der Waals surface area contributed by atoms with Gasteiger partial charge in [-0.15, -0.1) is 0 Å². The van der Waals surface area contributed by atoms with E-state index in [0.717, 1.165) is 12.6 Å². The molecule has 0 amide bonds. The van der Waals surface area contributed by atoms with Crippen molar-refractivity contribution in [3.8, 4) is 0 Å². The number of hydrogen-bond donors (Lipinski definition) is 1. The van der Waals surface area contributed by atoms with Crippen molar-refractivity contribution in [2.24, 2.45) is 11.1 Å². The quantitative estimate of drug-likeness (QED) is 0.680. The molecule has 0 aromatic carbocycles. The SMILES string of the molecule is CN(C)C1CCC(C)(CN)CC1. The number of nitrogens with two attached hydrogens (primary N) is 1. The van der Waals surface area contributed by atoms with Gasteiger partial charge >= 0.3 is 0 Å². The predicted molar refractivity (Wildman–Crippen MR) is 53.1 cm³/mol. The second-order valence-electron chi connectivity index (χ2n) is 4.71. The van der Waals surface area contributed by atoms with E-state index in [1.165, 1.54) is 25.7 Å². The van der Waals surface area contributed by atoms with Gasteiger partial charge in [-0.05, 0) is 51.7 Å². The summed E-state index contributed by atoms with van der Waals surface area (Å²) in [4.78, 5) is 2.34. The topological polar surface area (TPSA) is 29.3 Å². The third kappa shape index (κ3) is 2.20. The van der Waals surface area contributed by atoms with Crippen molar-refractivity contribution in [1.82, 2.24) is 4.90 Å². The van der Waals surface area contributed by atoms with E-state index >= 15 is 0 Å². The lowest BCUT2D eigenvalue weighted by molar-refractivity contribution is 0.138. The summed E-state index contributed by atoms with van der Waals surface area (Å²) in [5, 5.41) is 0. The van der Waals surface area contributed by atoms with Gasteiger partial charge in [0, 0.05) is 6.04 Å². The Hall–Kier alpha value is -0.0800. The Labute approximate surface area is 76.1 Å². The summed E-state index contributed by atoms with van der Waals surface area (Å²) in [7, 11) is 4.35. The van der Waals surface area contributed by atoms with Gasteiger partial charge in [0.25, 0.3) is 0 Å². The van der Waals surface area contributed by atoms with E-state index in [1.807, 2.05) is 0 Å². The van der Waals surface area contributed by atoms with E-state index in [2.05, 4.69) is 25.9 Å². The van der Waals surface area contributed by atoms with Gasteiger partial charge in [-0.25, -0.2) is 0 Å². The van der Waals surface area contributed by atoms with E-state index in [1.54, 1.807) is 0 Å². The van der Waals surface area contributed by atoms with Crippen molar-refractivity contribution >= 4 is 0 Å². The minimum atomic E-state index is 0.437. The van der Waals surface area contributed by atoms with Crippen LogP contribution in [0.4, 0.5) is 0 Å². The summed E-state index contributed by atoms with van der Waals surface area (Å²) in [5.74, 6) is 0. The maximum Gasteiger partial charge on any atom is 0.00895 e. The minimum absolute atomic E-state index is 0.437. The van der Waals surface area contributed by atoms with E-state index in [4.69, 9.17) is 5.73 Å². The zero-order chi connectivity index (χ0) is 9.19. The van der Waals surface area contributed by atoms with Crippen LogP contribution >= 0.6 is 0 Å². The van der Waals surface area contributed by atoms with Crippen molar-refractivity contribution in [3.63, 3.8) is 0 Å². The van der Waals surface area contributed by atoms with Gasteiger partial charge in [0.1, 0.15) is 0 Å². The van der Waals surface area contributed by atoms with E-state index in [0.29, 0.717) is 5.41 Å². The zero-order valence-electron chi connectivity index (χ0n) is 8.64. The highest BCUT2D eigenvalue weighted by molar-refractivity contribution is 4.85. The summed E-state index contributed by atoms with van der Waals surface area (Å²) in [6, 6.07) is 0.796. The average molecular weight is 170 g/mol. The molecule has 1 aliphatic rings. The molecule has 2 nitrogen and oxygen atoms in total. The lowest BCUT2D eigenvalue weighted by atomic mass is 9.74. The molecule has 2 N–H and O–H groups in total. The molecule has 0 aromatic rings. The summed E-state index contributed by atoms with van der Waals surface area (Å²) in [5.41, 5.74) is 6.18. The second-order valence-corrected chi connectivity index (χ2v) is 4.71. The third-order valence-corrected chi connectivity index (χ3v) is 3.39. The van der Waals surface area contributed by atoms with E-state index in [9.17, 15) is 0 Å². The molecule has 1 fully saturated rings. The Morgan fingerprint density at radius 3 is 2.17 bits per heavy atom. The molecule has 0 atom stereocenters. The highest BCUT2D eigenvalue weighted by atomic mass is 15.1. The Morgan fingerprint density at radius 2 is 1.83 bits per heavy atom. The van der Waals surface area contributed by atoms with Crippen molar-refractivity contribution in [3.05, 3.63) is 0 Å². The van der Waals surface area contributed by atoms with Crippen molar-refractivity contribution < 1.29 is 0 Å². The molecule has 0 aliphatic heterocycles. The molecule has 0 bridgehead atoms. The number of rotatable bonds is 2. The molecule has 0 spiro atoms. The Morgan fingerprint density at radius 1 is 1.33 bits per heavy atom. The molecule has 1 saturated carbocycles. The molecule has 72 valence electrons. The predicted octanol–water partition coefficient (Wildman–Crippen LogP) is 1.46. The molecule has 1 aliphatic carbocycles. The first-order chi connectivity index (χ1) is 5.57. The van der Waals surface area contributed by atoms with Gasteiger partial charge in [0.05, 0.1) is 0 Å². The smallest absolute Gasteiger partial charge is 0.00895 e. The third-order valence-electron chi connectivity index (χ3n) is 3.39. The Balaban J connectivity index is 2.39. The summed E-state index contributed by atoms with van der Waals surface area (Å²) < 4.78 is 0. The van der Waals surface area contributed by atoms with Crippen molar-refractivity contribution in [2.75, 3.05) is 20.6 Å². The number of nitrogens with zero attached hydrogens (tertiary/aromatic N) is 1. The second kappa shape index (κ2) is 3.75. The number of hydrogen-bond acceptors (Lipinski definition) is 2.